The van der Waals surface area contributed by atoms with Gasteiger partial charge in [0, 0.05) is 40.9 Å². The third-order valence-corrected chi connectivity index (χ3v) is 7.65. The van der Waals surface area contributed by atoms with Gasteiger partial charge in [-0.15, -0.1) is 0 Å². The predicted octanol–water partition coefficient (Wildman–Crippen LogP) is 7.37. The minimum atomic E-state index is -0.949. The van der Waals surface area contributed by atoms with Gasteiger partial charge in [0.25, 0.3) is 0 Å². The molecule has 9 heteroatoms. The van der Waals surface area contributed by atoms with E-state index in [9.17, 15) is 18.4 Å². The maximum atomic E-state index is 14.3. The molecule has 3 rings (SSSR count). The largest absolute Gasteiger partial charge is 0.444 e. The second kappa shape index (κ2) is 11.2. The van der Waals surface area contributed by atoms with Crippen molar-refractivity contribution in [3.8, 4) is 0 Å². The Labute approximate surface area is 228 Å². The molecule has 1 aliphatic rings. The van der Waals surface area contributed by atoms with E-state index in [2.05, 4.69) is 31.9 Å². The number of nitrogens with zero attached hydrogens (tertiary/aromatic N) is 2. The fourth-order valence-corrected chi connectivity index (χ4v) is 5.84. The zero-order valence-corrected chi connectivity index (χ0v) is 24.4. The third-order valence-electron chi connectivity index (χ3n) is 6.74. The van der Waals surface area contributed by atoms with Crippen molar-refractivity contribution in [2.45, 2.75) is 64.0 Å². The summed E-state index contributed by atoms with van der Waals surface area (Å²) >= 11 is 6.98. The Morgan fingerprint density at radius 2 is 1.64 bits per heavy atom. The minimum Gasteiger partial charge on any atom is -0.444 e. The lowest BCUT2D eigenvalue weighted by Crippen LogP contribution is -2.48. The Kier molecular flexibility index (Phi) is 8.87. The smallest absolute Gasteiger partial charge is 0.410 e. The molecule has 0 N–H and O–H groups in total. The van der Waals surface area contributed by atoms with Gasteiger partial charge in [-0.3, -0.25) is 4.79 Å². The van der Waals surface area contributed by atoms with Gasteiger partial charge in [-0.1, -0.05) is 37.9 Å². The Bertz CT molecular complexity index is 1110. The van der Waals surface area contributed by atoms with Crippen LogP contribution in [0.2, 0.25) is 0 Å². The van der Waals surface area contributed by atoms with E-state index in [4.69, 9.17) is 4.74 Å². The van der Waals surface area contributed by atoms with E-state index in [1.165, 1.54) is 6.07 Å². The van der Waals surface area contributed by atoms with E-state index in [1.54, 1.807) is 43.7 Å². The highest BCUT2D eigenvalue weighted by Crippen LogP contribution is 2.41. The summed E-state index contributed by atoms with van der Waals surface area (Å²) in [7, 11) is 1.75. The number of amides is 2. The van der Waals surface area contributed by atoms with Gasteiger partial charge >= 0.3 is 6.09 Å². The van der Waals surface area contributed by atoms with Gasteiger partial charge in [0.1, 0.15) is 5.60 Å². The highest BCUT2D eigenvalue weighted by molar-refractivity contribution is 9.11. The highest BCUT2D eigenvalue weighted by Gasteiger charge is 2.41. The van der Waals surface area contributed by atoms with Crippen LogP contribution in [0.25, 0.3) is 0 Å². The second-order valence-electron chi connectivity index (χ2n) is 10.4. The average molecular weight is 630 g/mol. The van der Waals surface area contributed by atoms with Crippen molar-refractivity contribution in [3.05, 3.63) is 68.1 Å². The summed E-state index contributed by atoms with van der Waals surface area (Å²) in [6.45, 7) is 8.05. The van der Waals surface area contributed by atoms with Crippen molar-refractivity contribution < 1.29 is 23.1 Å². The van der Waals surface area contributed by atoms with E-state index < -0.39 is 28.7 Å². The minimum absolute atomic E-state index is 0.107. The summed E-state index contributed by atoms with van der Waals surface area (Å²) in [6, 6.07) is 9.46. The summed E-state index contributed by atoms with van der Waals surface area (Å²) in [4.78, 5) is 29.4. The maximum Gasteiger partial charge on any atom is 0.410 e. The molecule has 0 aromatic heterocycles. The molecule has 2 aromatic rings. The molecule has 36 heavy (non-hydrogen) atoms. The Hall–Kier alpha value is -2.00. The van der Waals surface area contributed by atoms with Gasteiger partial charge in [-0.25, -0.2) is 13.6 Å². The number of piperidine rings is 1. The molecule has 1 atom stereocenters. The molecule has 1 unspecified atom stereocenters. The lowest BCUT2D eigenvalue weighted by atomic mass is 9.70. The molecule has 0 saturated carbocycles. The lowest BCUT2D eigenvalue weighted by Gasteiger charge is -2.43. The van der Waals surface area contributed by atoms with Gasteiger partial charge in [0.15, 0.2) is 11.6 Å². The van der Waals surface area contributed by atoms with Gasteiger partial charge < -0.3 is 14.5 Å². The topological polar surface area (TPSA) is 49.9 Å². The summed E-state index contributed by atoms with van der Waals surface area (Å²) < 4.78 is 35.3. The zero-order valence-electron chi connectivity index (χ0n) is 21.2. The molecule has 5 nitrogen and oxygen atoms in total. The van der Waals surface area contributed by atoms with Crippen LogP contribution in [0.5, 0.6) is 0 Å². The van der Waals surface area contributed by atoms with E-state index in [-0.39, 0.29) is 18.4 Å². The summed E-state index contributed by atoms with van der Waals surface area (Å²) in [5, 5.41) is 0. The zero-order chi connectivity index (χ0) is 26.8. The van der Waals surface area contributed by atoms with Crippen molar-refractivity contribution in [2.24, 2.45) is 0 Å². The SMILES string of the molecule is CC(c1cc(Br)cc(Br)c1)N(C)C(=O)CC1(c2ccc(F)c(F)c2)CCN(C(=O)OC(C)(C)C)CC1. The fourth-order valence-electron chi connectivity index (χ4n) is 4.51. The Morgan fingerprint density at radius 1 is 1.06 bits per heavy atom. The number of carbonyl (C=O) groups excluding carboxylic acids is 2. The van der Waals surface area contributed by atoms with Gasteiger partial charge in [-0.2, -0.15) is 0 Å². The van der Waals surface area contributed by atoms with Crippen LogP contribution in [0.4, 0.5) is 13.6 Å². The van der Waals surface area contributed by atoms with Crippen LogP contribution in [0.3, 0.4) is 0 Å². The van der Waals surface area contributed by atoms with Gasteiger partial charge in [0.05, 0.1) is 6.04 Å². The molecule has 1 heterocycles. The number of carbonyl (C=O) groups is 2. The molecule has 2 amide bonds. The Morgan fingerprint density at radius 3 is 2.17 bits per heavy atom. The number of likely N-dealkylation sites (tertiary alicyclic amines) is 1. The first-order valence-electron chi connectivity index (χ1n) is 11.9. The molecule has 196 valence electrons. The molecular formula is C27H32Br2F2N2O3. The monoisotopic (exact) mass is 628 g/mol. The number of halogens is 4. The van der Waals surface area contributed by atoms with Gasteiger partial charge in [0.2, 0.25) is 5.91 Å². The first-order valence-corrected chi connectivity index (χ1v) is 13.4. The average Bonchev–Trinajstić information content (AvgIpc) is 2.78. The van der Waals surface area contributed by atoms with Gasteiger partial charge in [-0.05, 0) is 82.0 Å². The van der Waals surface area contributed by atoms with Crippen LogP contribution in [-0.2, 0) is 14.9 Å². The van der Waals surface area contributed by atoms with E-state index in [0.29, 0.717) is 31.5 Å². The highest BCUT2D eigenvalue weighted by atomic mass is 79.9. The third kappa shape index (κ3) is 6.85. The van der Waals surface area contributed by atoms with E-state index in [0.717, 1.165) is 20.6 Å². The lowest BCUT2D eigenvalue weighted by molar-refractivity contribution is -0.133. The van der Waals surface area contributed by atoms with Crippen molar-refractivity contribution in [2.75, 3.05) is 20.1 Å². The number of benzene rings is 2. The quantitative estimate of drug-likeness (QED) is 0.347. The molecule has 0 bridgehead atoms. The molecule has 1 saturated heterocycles. The van der Waals surface area contributed by atoms with Crippen LogP contribution in [0, 0.1) is 11.6 Å². The fraction of sp³-hybridized carbons (Fsp3) is 0.481. The Balaban J connectivity index is 1.85. The van der Waals surface area contributed by atoms with Crippen LogP contribution in [0.1, 0.15) is 64.1 Å². The van der Waals surface area contributed by atoms with Crippen molar-refractivity contribution in [3.63, 3.8) is 0 Å². The molecule has 1 aliphatic heterocycles. The molecule has 1 fully saturated rings. The van der Waals surface area contributed by atoms with Crippen LogP contribution >= 0.6 is 31.9 Å². The number of hydrogen-bond acceptors (Lipinski definition) is 3. The maximum absolute atomic E-state index is 14.3. The standard InChI is InChI=1S/C27H32Br2F2N2O3/c1-17(18-12-20(28)15-21(29)13-18)32(5)24(34)16-27(19-6-7-22(30)23(31)14-19)8-10-33(11-9-27)25(35)36-26(2,3)4/h6-7,12-15,17H,8-11,16H2,1-5H3. The number of hydrogen-bond donors (Lipinski definition) is 0. The normalized spacial score (nSPS) is 16.4. The molecular weight excluding hydrogens is 598 g/mol. The molecule has 0 spiro atoms. The first kappa shape index (κ1) is 28.6. The van der Waals surface area contributed by atoms with Crippen LogP contribution < -0.4 is 0 Å². The molecule has 2 aromatic carbocycles. The van der Waals surface area contributed by atoms with E-state index >= 15 is 0 Å². The van der Waals surface area contributed by atoms with Crippen molar-refractivity contribution in [1.82, 2.24) is 9.80 Å². The van der Waals surface area contributed by atoms with Crippen molar-refractivity contribution in [1.29, 1.82) is 0 Å². The first-order chi connectivity index (χ1) is 16.7. The molecule has 0 aliphatic carbocycles. The van der Waals surface area contributed by atoms with Crippen LogP contribution in [-0.4, -0.2) is 47.5 Å². The predicted molar refractivity (Wildman–Crippen MR) is 143 cm³/mol. The van der Waals surface area contributed by atoms with Crippen LogP contribution in [0.15, 0.2) is 45.3 Å². The summed E-state index contributed by atoms with van der Waals surface area (Å²) in [5.74, 6) is -2.00. The van der Waals surface area contributed by atoms with Crippen molar-refractivity contribution >= 4 is 43.9 Å². The molecule has 0 radical (unpaired) electrons. The number of rotatable bonds is 5. The summed E-state index contributed by atoms with van der Waals surface area (Å²) in [5.41, 5.74) is 0.149. The van der Waals surface area contributed by atoms with E-state index in [1.807, 2.05) is 25.1 Å². The number of ether oxygens (including phenoxy) is 1. The second-order valence-corrected chi connectivity index (χ2v) is 12.3. The summed E-state index contributed by atoms with van der Waals surface area (Å²) in [6.07, 6.45) is 0.538.